The third-order valence-electron chi connectivity index (χ3n) is 3.07. The largest absolute Gasteiger partial charge is 0.294 e. The van der Waals surface area contributed by atoms with Crippen molar-refractivity contribution in [2.75, 3.05) is 0 Å². The number of nitriles is 1. The number of benzene rings is 1. The van der Waals surface area contributed by atoms with Crippen LogP contribution in [0.2, 0.25) is 0 Å². The van der Waals surface area contributed by atoms with Gasteiger partial charge in [-0.05, 0) is 38.8 Å². The van der Waals surface area contributed by atoms with E-state index in [0.29, 0.717) is 5.56 Å². The lowest BCUT2D eigenvalue weighted by atomic mass is 10.1. The first-order valence-electron chi connectivity index (χ1n) is 6.35. The number of carbonyl (C=O) groups excluding carboxylic acids is 1. The first-order chi connectivity index (χ1) is 9.25. The van der Waals surface area contributed by atoms with Gasteiger partial charge in [0.25, 0.3) is 0 Å². The second-order valence-electron chi connectivity index (χ2n) is 5.51. The van der Waals surface area contributed by atoms with E-state index in [1.807, 2.05) is 6.07 Å². The van der Waals surface area contributed by atoms with Gasteiger partial charge in [-0.15, -0.1) is 0 Å². The Balaban J connectivity index is 2.21. The molecule has 1 N–H and O–H groups in total. The van der Waals surface area contributed by atoms with Crippen molar-refractivity contribution in [2.45, 2.75) is 37.1 Å². The van der Waals surface area contributed by atoms with Gasteiger partial charge in [0, 0.05) is 11.5 Å². The second-order valence-corrected chi connectivity index (χ2v) is 7.19. The van der Waals surface area contributed by atoms with Crippen LogP contribution < -0.4 is 4.72 Å². The van der Waals surface area contributed by atoms with Crippen LogP contribution >= 0.6 is 0 Å². The van der Waals surface area contributed by atoms with E-state index in [2.05, 4.69) is 4.72 Å². The van der Waals surface area contributed by atoms with Gasteiger partial charge in [-0.2, -0.15) is 9.98 Å². The van der Waals surface area contributed by atoms with Gasteiger partial charge in [0.15, 0.2) is 5.78 Å². The number of carbonyl (C=O) groups is 1. The van der Waals surface area contributed by atoms with Crippen molar-refractivity contribution in [3.8, 4) is 6.07 Å². The van der Waals surface area contributed by atoms with Crippen molar-refractivity contribution in [2.24, 2.45) is 5.92 Å². The fourth-order valence-electron chi connectivity index (χ4n) is 1.80. The van der Waals surface area contributed by atoms with Crippen LogP contribution in [-0.2, 0) is 10.0 Å². The predicted octanol–water partition coefficient (Wildman–Crippen LogP) is 1.86. The summed E-state index contributed by atoms with van der Waals surface area (Å²) in [5.41, 5.74) is -0.646. The summed E-state index contributed by atoms with van der Waals surface area (Å²) in [5.74, 6) is 0.173. The van der Waals surface area contributed by atoms with E-state index >= 15 is 0 Å². The minimum atomic E-state index is -3.76. The lowest BCUT2D eigenvalue weighted by molar-refractivity contribution is 0.0967. The summed E-state index contributed by atoms with van der Waals surface area (Å²) < 4.78 is 26.5. The molecule has 0 aromatic heterocycles. The molecule has 1 aromatic rings. The van der Waals surface area contributed by atoms with Gasteiger partial charge in [0.2, 0.25) is 10.0 Å². The van der Waals surface area contributed by atoms with Crippen LogP contribution in [0.15, 0.2) is 29.2 Å². The number of nitrogens with zero attached hydrogens (tertiary/aromatic N) is 1. The van der Waals surface area contributed by atoms with E-state index in [1.165, 1.54) is 38.1 Å². The van der Waals surface area contributed by atoms with Crippen LogP contribution in [0.25, 0.3) is 0 Å². The molecule has 1 aliphatic carbocycles. The van der Waals surface area contributed by atoms with E-state index in [9.17, 15) is 13.2 Å². The molecule has 0 amide bonds. The fourth-order valence-corrected chi connectivity index (χ4v) is 3.13. The normalized spacial score (nSPS) is 15.7. The molecule has 0 unspecified atom stereocenters. The summed E-state index contributed by atoms with van der Waals surface area (Å²) in [5, 5.41) is 8.87. The summed E-state index contributed by atoms with van der Waals surface area (Å²) in [6.45, 7) is 2.96. The van der Waals surface area contributed by atoms with Crippen LogP contribution in [0.4, 0.5) is 0 Å². The molecule has 0 heterocycles. The standard InChI is InChI=1S/C14H16N2O3S/c1-14(2,9-15)16-20(18,19)12-7-5-11(6-8-12)13(17)10-3-4-10/h5-8,10,16H,3-4H2,1-2H3. The molecule has 1 saturated carbocycles. The van der Waals surface area contributed by atoms with Crippen LogP contribution in [0.5, 0.6) is 0 Å². The van der Waals surface area contributed by atoms with Gasteiger partial charge in [0.05, 0.1) is 11.0 Å². The molecule has 2 rings (SSSR count). The molecule has 0 saturated heterocycles. The number of ketones is 1. The molecular formula is C14H16N2O3S. The average Bonchev–Trinajstić information content (AvgIpc) is 3.21. The highest BCUT2D eigenvalue weighted by atomic mass is 32.2. The predicted molar refractivity (Wildman–Crippen MR) is 73.5 cm³/mol. The molecule has 1 fully saturated rings. The number of rotatable bonds is 5. The van der Waals surface area contributed by atoms with Crippen molar-refractivity contribution >= 4 is 15.8 Å². The Labute approximate surface area is 118 Å². The van der Waals surface area contributed by atoms with Gasteiger partial charge in [-0.1, -0.05) is 12.1 Å². The zero-order chi connectivity index (χ0) is 15.0. The number of nitrogens with one attached hydrogen (secondary N) is 1. The number of hydrogen-bond acceptors (Lipinski definition) is 4. The molecule has 6 heteroatoms. The molecule has 20 heavy (non-hydrogen) atoms. The van der Waals surface area contributed by atoms with Crippen molar-refractivity contribution in [3.63, 3.8) is 0 Å². The van der Waals surface area contributed by atoms with Gasteiger partial charge >= 0.3 is 0 Å². The monoisotopic (exact) mass is 292 g/mol. The SMILES string of the molecule is CC(C)(C#N)NS(=O)(=O)c1ccc(C(=O)C2CC2)cc1. The molecular weight excluding hydrogens is 276 g/mol. The number of hydrogen-bond donors (Lipinski definition) is 1. The van der Waals surface area contributed by atoms with Crippen LogP contribution in [0.1, 0.15) is 37.0 Å². The number of sulfonamides is 1. The Morgan fingerprint density at radius 3 is 2.30 bits per heavy atom. The lowest BCUT2D eigenvalue weighted by Gasteiger charge is -2.17. The molecule has 5 nitrogen and oxygen atoms in total. The third kappa shape index (κ3) is 3.24. The Hall–Kier alpha value is -1.71. The number of Topliss-reactive ketones (excluding diaryl/α,β-unsaturated/α-hetero) is 1. The first kappa shape index (κ1) is 14.7. The maximum absolute atomic E-state index is 12.1. The summed E-state index contributed by atoms with van der Waals surface area (Å²) in [4.78, 5) is 11.9. The van der Waals surface area contributed by atoms with Gasteiger partial charge in [-0.25, -0.2) is 8.42 Å². The zero-order valence-electron chi connectivity index (χ0n) is 11.4. The van der Waals surface area contributed by atoms with E-state index in [4.69, 9.17) is 5.26 Å². The van der Waals surface area contributed by atoms with E-state index in [1.54, 1.807) is 0 Å². The molecule has 0 spiro atoms. The summed E-state index contributed by atoms with van der Waals surface area (Å²) in [6.07, 6.45) is 1.83. The van der Waals surface area contributed by atoms with Crippen LogP contribution in [0.3, 0.4) is 0 Å². The quantitative estimate of drug-likeness (QED) is 0.839. The van der Waals surface area contributed by atoms with Crippen molar-refractivity contribution < 1.29 is 13.2 Å². The van der Waals surface area contributed by atoms with E-state index in [0.717, 1.165) is 12.8 Å². The third-order valence-corrected chi connectivity index (χ3v) is 4.74. The maximum atomic E-state index is 12.1. The fraction of sp³-hybridized carbons (Fsp3) is 0.429. The highest BCUT2D eigenvalue weighted by molar-refractivity contribution is 7.89. The highest BCUT2D eigenvalue weighted by Crippen LogP contribution is 2.32. The molecule has 0 radical (unpaired) electrons. The zero-order valence-corrected chi connectivity index (χ0v) is 12.2. The summed E-state index contributed by atoms with van der Waals surface area (Å²) in [6, 6.07) is 7.71. The van der Waals surface area contributed by atoms with Crippen molar-refractivity contribution in [3.05, 3.63) is 29.8 Å². The first-order valence-corrected chi connectivity index (χ1v) is 7.83. The van der Waals surface area contributed by atoms with Gasteiger partial charge in [-0.3, -0.25) is 4.79 Å². The molecule has 0 bridgehead atoms. The van der Waals surface area contributed by atoms with E-state index in [-0.39, 0.29) is 16.6 Å². The maximum Gasteiger partial charge on any atom is 0.241 e. The van der Waals surface area contributed by atoms with Crippen LogP contribution in [-0.4, -0.2) is 19.7 Å². The molecule has 0 aliphatic heterocycles. The second kappa shape index (κ2) is 5.00. The Bertz CT molecular complexity index is 665. The van der Waals surface area contributed by atoms with Gasteiger partial charge in [0.1, 0.15) is 5.54 Å². The minimum Gasteiger partial charge on any atom is -0.294 e. The Morgan fingerprint density at radius 1 is 1.30 bits per heavy atom. The molecule has 1 aromatic carbocycles. The van der Waals surface area contributed by atoms with E-state index < -0.39 is 15.6 Å². The Kier molecular flexibility index (Phi) is 3.67. The molecule has 106 valence electrons. The van der Waals surface area contributed by atoms with Gasteiger partial charge < -0.3 is 0 Å². The average molecular weight is 292 g/mol. The highest BCUT2D eigenvalue weighted by Gasteiger charge is 2.31. The molecule has 0 atom stereocenters. The van der Waals surface area contributed by atoms with Crippen molar-refractivity contribution in [1.29, 1.82) is 5.26 Å². The summed E-state index contributed by atoms with van der Waals surface area (Å²) in [7, 11) is -3.76. The van der Waals surface area contributed by atoms with Crippen LogP contribution in [0, 0.1) is 17.2 Å². The lowest BCUT2D eigenvalue weighted by Crippen LogP contribution is -2.41. The summed E-state index contributed by atoms with van der Waals surface area (Å²) >= 11 is 0. The smallest absolute Gasteiger partial charge is 0.241 e. The topological polar surface area (TPSA) is 87.0 Å². The van der Waals surface area contributed by atoms with Crippen molar-refractivity contribution in [1.82, 2.24) is 4.72 Å². The molecule has 1 aliphatic rings. The Morgan fingerprint density at radius 2 is 1.85 bits per heavy atom. The minimum absolute atomic E-state index is 0.0492.